The van der Waals surface area contributed by atoms with Crippen LogP contribution in [-0.4, -0.2) is 18.8 Å². The van der Waals surface area contributed by atoms with Crippen molar-refractivity contribution in [2.45, 2.75) is 12.8 Å². The fraction of sp³-hybridized carbons (Fsp3) is 0.278. The van der Waals surface area contributed by atoms with Gasteiger partial charge in [-0.2, -0.15) is 0 Å². The van der Waals surface area contributed by atoms with Crippen LogP contribution < -0.4 is 10.6 Å². The lowest BCUT2D eigenvalue weighted by Gasteiger charge is -2.24. The summed E-state index contributed by atoms with van der Waals surface area (Å²) in [6.07, 6.45) is 2.32. The third kappa shape index (κ3) is 2.34. The zero-order valence-electron chi connectivity index (χ0n) is 12.0. The van der Waals surface area contributed by atoms with Crippen LogP contribution in [0.1, 0.15) is 18.4 Å². The molecule has 0 amide bonds. The van der Waals surface area contributed by atoms with Gasteiger partial charge in [-0.05, 0) is 44.1 Å². The fourth-order valence-electron chi connectivity index (χ4n) is 3.23. The Morgan fingerprint density at radius 2 is 1.57 bits per heavy atom. The molecule has 0 atom stereocenters. The summed E-state index contributed by atoms with van der Waals surface area (Å²) in [4.78, 5) is 5.03. The second-order valence-electron chi connectivity index (χ2n) is 5.71. The van der Waals surface area contributed by atoms with Gasteiger partial charge in [-0.3, -0.25) is 4.99 Å². The van der Waals surface area contributed by atoms with Gasteiger partial charge in [0.25, 0.3) is 0 Å². The van der Waals surface area contributed by atoms with E-state index in [9.17, 15) is 0 Å². The summed E-state index contributed by atoms with van der Waals surface area (Å²) in [7, 11) is 0. The minimum absolute atomic E-state index is 0.542. The van der Waals surface area contributed by atoms with E-state index in [-0.39, 0.29) is 0 Å². The molecule has 4 rings (SSSR count). The van der Waals surface area contributed by atoms with Gasteiger partial charge in [0.15, 0.2) is 0 Å². The van der Waals surface area contributed by atoms with Crippen LogP contribution in [0.2, 0.25) is 0 Å². The second-order valence-corrected chi connectivity index (χ2v) is 5.71. The van der Waals surface area contributed by atoms with Gasteiger partial charge in [-0.15, -0.1) is 0 Å². The molecule has 1 fully saturated rings. The smallest absolute Gasteiger partial charge is 0.0868 e. The van der Waals surface area contributed by atoms with Crippen LogP contribution in [0.15, 0.2) is 53.5 Å². The Kier molecular flexibility index (Phi) is 3.20. The van der Waals surface area contributed by atoms with E-state index in [1.165, 1.54) is 17.0 Å². The average Bonchev–Trinajstić information content (AvgIpc) is 2.72. The zero-order valence-corrected chi connectivity index (χ0v) is 12.0. The van der Waals surface area contributed by atoms with Crippen molar-refractivity contribution in [3.63, 3.8) is 0 Å². The van der Waals surface area contributed by atoms with Gasteiger partial charge in [0.05, 0.1) is 17.1 Å². The largest absolute Gasteiger partial charge is 0.353 e. The van der Waals surface area contributed by atoms with E-state index in [2.05, 4.69) is 59.2 Å². The van der Waals surface area contributed by atoms with Crippen molar-refractivity contribution in [2.75, 3.05) is 18.4 Å². The summed E-state index contributed by atoms with van der Waals surface area (Å²) in [5, 5.41) is 6.98. The van der Waals surface area contributed by atoms with E-state index in [0.29, 0.717) is 5.92 Å². The van der Waals surface area contributed by atoms with Crippen LogP contribution in [0.3, 0.4) is 0 Å². The number of benzene rings is 2. The average molecular weight is 277 g/mol. The maximum Gasteiger partial charge on any atom is 0.0868 e. The molecule has 21 heavy (non-hydrogen) atoms. The Bertz CT molecular complexity index is 684. The molecule has 1 saturated heterocycles. The highest BCUT2D eigenvalue weighted by Gasteiger charge is 2.24. The van der Waals surface area contributed by atoms with E-state index in [1.807, 2.05) is 0 Å². The minimum atomic E-state index is 0.542. The molecule has 2 aromatic rings. The molecule has 2 N–H and O–H groups in total. The maximum absolute atomic E-state index is 5.03. The SMILES string of the molecule is c1ccc2c(c1)N=C(C1CCNCC1)c1ccccc1N2. The third-order valence-corrected chi connectivity index (χ3v) is 4.34. The molecule has 0 unspecified atom stereocenters. The van der Waals surface area contributed by atoms with Crippen LogP contribution in [0.5, 0.6) is 0 Å². The molecule has 0 saturated carbocycles. The molecule has 2 heterocycles. The highest BCUT2D eigenvalue weighted by Crippen LogP contribution is 2.36. The summed E-state index contributed by atoms with van der Waals surface area (Å²) in [5.74, 6) is 0.542. The number of rotatable bonds is 1. The Labute approximate surface area is 125 Å². The van der Waals surface area contributed by atoms with Crippen molar-refractivity contribution in [3.05, 3.63) is 54.1 Å². The summed E-state index contributed by atoms with van der Waals surface area (Å²) < 4.78 is 0. The second kappa shape index (κ2) is 5.34. The number of para-hydroxylation sites is 3. The van der Waals surface area contributed by atoms with Crippen molar-refractivity contribution in [1.29, 1.82) is 0 Å². The molecule has 2 aliphatic heterocycles. The summed E-state index contributed by atoms with van der Waals surface area (Å²) in [5.41, 5.74) is 5.79. The Morgan fingerprint density at radius 3 is 2.43 bits per heavy atom. The van der Waals surface area contributed by atoms with Crippen molar-refractivity contribution in [2.24, 2.45) is 10.9 Å². The molecular formula is C18H19N3. The summed E-state index contributed by atoms with van der Waals surface area (Å²) in [6, 6.07) is 16.8. The van der Waals surface area contributed by atoms with Crippen LogP contribution in [-0.2, 0) is 0 Å². The molecular weight excluding hydrogens is 258 g/mol. The summed E-state index contributed by atoms with van der Waals surface area (Å²) in [6.45, 7) is 2.17. The number of anilines is 2. The normalized spacial score (nSPS) is 18.0. The van der Waals surface area contributed by atoms with Gasteiger partial charge in [0.1, 0.15) is 0 Å². The van der Waals surface area contributed by atoms with Gasteiger partial charge >= 0.3 is 0 Å². The van der Waals surface area contributed by atoms with Crippen LogP contribution in [0.25, 0.3) is 0 Å². The van der Waals surface area contributed by atoms with E-state index < -0.39 is 0 Å². The first kappa shape index (κ1) is 12.6. The van der Waals surface area contributed by atoms with E-state index in [1.54, 1.807) is 0 Å². The number of piperidine rings is 1. The van der Waals surface area contributed by atoms with Crippen LogP contribution in [0.4, 0.5) is 17.1 Å². The molecule has 0 bridgehead atoms. The van der Waals surface area contributed by atoms with E-state index in [0.717, 1.165) is 37.3 Å². The highest BCUT2D eigenvalue weighted by atomic mass is 15.0. The molecule has 0 aliphatic carbocycles. The highest BCUT2D eigenvalue weighted by molar-refractivity contribution is 6.10. The number of aliphatic imine (C=N–C) groups is 1. The molecule has 3 nitrogen and oxygen atoms in total. The van der Waals surface area contributed by atoms with Crippen molar-refractivity contribution in [1.82, 2.24) is 5.32 Å². The molecule has 2 aliphatic rings. The lowest BCUT2D eigenvalue weighted by atomic mass is 9.88. The topological polar surface area (TPSA) is 36.4 Å². The molecule has 0 aromatic heterocycles. The third-order valence-electron chi connectivity index (χ3n) is 4.34. The summed E-state index contributed by atoms with van der Waals surface area (Å²) >= 11 is 0. The molecule has 0 radical (unpaired) electrons. The first-order chi connectivity index (χ1) is 10.4. The van der Waals surface area contributed by atoms with E-state index >= 15 is 0 Å². The first-order valence-electron chi connectivity index (χ1n) is 7.66. The maximum atomic E-state index is 5.03. The van der Waals surface area contributed by atoms with Gasteiger partial charge in [-0.1, -0.05) is 30.3 Å². The Morgan fingerprint density at radius 1 is 0.857 bits per heavy atom. The predicted molar refractivity (Wildman–Crippen MR) is 88.0 cm³/mol. The number of fused-ring (bicyclic) bond motifs is 2. The predicted octanol–water partition coefficient (Wildman–Crippen LogP) is 3.86. The lowest BCUT2D eigenvalue weighted by Crippen LogP contribution is -2.32. The monoisotopic (exact) mass is 277 g/mol. The quantitative estimate of drug-likeness (QED) is 0.830. The van der Waals surface area contributed by atoms with Gasteiger partial charge < -0.3 is 10.6 Å². The van der Waals surface area contributed by atoms with Gasteiger partial charge in [-0.25, -0.2) is 0 Å². The first-order valence-corrected chi connectivity index (χ1v) is 7.66. The fourth-order valence-corrected chi connectivity index (χ4v) is 3.23. The number of nitrogens with one attached hydrogen (secondary N) is 2. The van der Waals surface area contributed by atoms with Crippen molar-refractivity contribution < 1.29 is 0 Å². The standard InChI is InChI=1S/C18H19N3/c1-2-6-15-14(5-1)18(13-9-11-19-12-10-13)21-17-8-4-3-7-16(17)20-15/h1-8,13,19-20H,9-12H2. The van der Waals surface area contributed by atoms with E-state index in [4.69, 9.17) is 4.99 Å². The molecule has 106 valence electrons. The van der Waals surface area contributed by atoms with Crippen molar-refractivity contribution in [3.8, 4) is 0 Å². The lowest BCUT2D eigenvalue weighted by molar-refractivity contribution is 0.457. The molecule has 2 aromatic carbocycles. The Hall–Kier alpha value is -2.13. The Balaban J connectivity index is 1.87. The molecule has 0 spiro atoms. The number of hydrogen-bond donors (Lipinski definition) is 2. The van der Waals surface area contributed by atoms with Gasteiger partial charge in [0, 0.05) is 17.2 Å². The van der Waals surface area contributed by atoms with Crippen LogP contribution in [0, 0.1) is 5.92 Å². The van der Waals surface area contributed by atoms with Gasteiger partial charge in [0.2, 0.25) is 0 Å². The minimum Gasteiger partial charge on any atom is -0.353 e. The van der Waals surface area contributed by atoms with Crippen molar-refractivity contribution >= 4 is 22.8 Å². The molecule has 3 heteroatoms. The zero-order chi connectivity index (χ0) is 14.1. The number of hydrogen-bond acceptors (Lipinski definition) is 3. The number of nitrogens with zero attached hydrogens (tertiary/aromatic N) is 1. The van der Waals surface area contributed by atoms with Crippen LogP contribution >= 0.6 is 0 Å².